The Balaban J connectivity index is 2.38. The van der Waals surface area contributed by atoms with Crippen LogP contribution in [0.4, 0.5) is 5.69 Å². The second-order valence-corrected chi connectivity index (χ2v) is 5.37. The number of anilines is 1. The number of benzene rings is 1. The minimum absolute atomic E-state index is 0.427. The number of thioether (sulfide) groups is 1. The monoisotopic (exact) mass is 287 g/mol. The summed E-state index contributed by atoms with van der Waals surface area (Å²) in [5, 5.41) is 9.02. The summed E-state index contributed by atoms with van der Waals surface area (Å²) in [6, 6.07) is 5.47. The van der Waals surface area contributed by atoms with Crippen molar-refractivity contribution in [3.05, 3.63) is 22.7 Å². The Labute approximate surface area is 101 Å². The van der Waals surface area contributed by atoms with Crippen molar-refractivity contribution in [1.29, 1.82) is 0 Å². The molecule has 15 heavy (non-hydrogen) atoms. The van der Waals surface area contributed by atoms with Crippen LogP contribution in [0.5, 0.6) is 0 Å². The van der Waals surface area contributed by atoms with Crippen LogP contribution in [0.25, 0.3) is 0 Å². The number of fused-ring (bicyclic) bond motifs is 1. The maximum atomic E-state index is 11.0. The van der Waals surface area contributed by atoms with E-state index in [1.54, 1.807) is 11.8 Å². The summed E-state index contributed by atoms with van der Waals surface area (Å²) in [7, 11) is 1.82. The summed E-state index contributed by atoms with van der Waals surface area (Å²) in [4.78, 5) is 13.9. The van der Waals surface area contributed by atoms with E-state index in [0.717, 1.165) is 15.1 Å². The third-order valence-corrected chi connectivity index (χ3v) is 4.06. The molecule has 1 aromatic carbocycles. The van der Waals surface area contributed by atoms with E-state index in [-0.39, 0.29) is 0 Å². The molecule has 0 saturated heterocycles. The summed E-state index contributed by atoms with van der Waals surface area (Å²) in [6.45, 7) is 0. The number of rotatable bonds is 1. The largest absolute Gasteiger partial charge is 0.480 e. The normalized spacial score (nSPS) is 19.9. The van der Waals surface area contributed by atoms with Gasteiger partial charge < -0.3 is 10.0 Å². The van der Waals surface area contributed by atoms with Crippen LogP contribution in [0.1, 0.15) is 0 Å². The van der Waals surface area contributed by atoms with Crippen molar-refractivity contribution in [3.8, 4) is 0 Å². The van der Waals surface area contributed by atoms with E-state index in [1.165, 1.54) is 0 Å². The van der Waals surface area contributed by atoms with E-state index in [1.807, 2.05) is 30.1 Å². The van der Waals surface area contributed by atoms with E-state index in [2.05, 4.69) is 15.9 Å². The first kappa shape index (κ1) is 10.8. The minimum atomic E-state index is -0.765. The fourth-order valence-electron chi connectivity index (χ4n) is 1.58. The maximum Gasteiger partial charge on any atom is 0.327 e. The van der Waals surface area contributed by atoms with Gasteiger partial charge in [0.15, 0.2) is 0 Å². The number of carbonyl (C=O) groups is 1. The van der Waals surface area contributed by atoms with Crippen LogP contribution < -0.4 is 4.90 Å². The molecule has 0 bridgehead atoms. The predicted molar refractivity (Wildman–Crippen MR) is 64.7 cm³/mol. The third-order valence-electron chi connectivity index (χ3n) is 2.45. The van der Waals surface area contributed by atoms with E-state index < -0.39 is 12.0 Å². The lowest BCUT2D eigenvalue weighted by Gasteiger charge is -2.32. The molecule has 1 atom stereocenters. The molecule has 0 saturated carbocycles. The number of hydrogen-bond donors (Lipinski definition) is 1. The van der Waals surface area contributed by atoms with Crippen LogP contribution in [-0.4, -0.2) is 29.9 Å². The highest BCUT2D eigenvalue weighted by Crippen LogP contribution is 2.38. The van der Waals surface area contributed by atoms with Crippen LogP contribution in [0.15, 0.2) is 27.6 Å². The van der Waals surface area contributed by atoms with Crippen LogP contribution in [0.2, 0.25) is 0 Å². The molecule has 0 fully saturated rings. The molecule has 80 valence electrons. The van der Waals surface area contributed by atoms with Crippen molar-refractivity contribution >= 4 is 39.3 Å². The topological polar surface area (TPSA) is 40.5 Å². The van der Waals surface area contributed by atoms with Gasteiger partial charge in [0.25, 0.3) is 0 Å². The average molecular weight is 288 g/mol. The Hall–Kier alpha value is -0.680. The minimum Gasteiger partial charge on any atom is -0.480 e. The Morgan fingerprint density at radius 1 is 1.67 bits per heavy atom. The van der Waals surface area contributed by atoms with Gasteiger partial charge in [-0.3, -0.25) is 0 Å². The molecule has 0 aromatic heterocycles. The van der Waals surface area contributed by atoms with Gasteiger partial charge in [-0.15, -0.1) is 11.8 Å². The molecule has 1 heterocycles. The molecule has 0 radical (unpaired) electrons. The first-order chi connectivity index (χ1) is 7.09. The molecule has 1 aliphatic heterocycles. The Morgan fingerprint density at radius 3 is 3.07 bits per heavy atom. The third kappa shape index (κ3) is 1.99. The Morgan fingerprint density at radius 2 is 2.40 bits per heavy atom. The first-order valence-corrected chi connectivity index (χ1v) is 6.25. The maximum absolute atomic E-state index is 11.0. The molecule has 2 rings (SSSR count). The highest BCUT2D eigenvalue weighted by molar-refractivity contribution is 9.10. The molecule has 3 nitrogen and oxygen atoms in total. The number of hydrogen-bond acceptors (Lipinski definition) is 3. The van der Waals surface area contributed by atoms with E-state index >= 15 is 0 Å². The summed E-state index contributed by atoms with van der Waals surface area (Å²) < 4.78 is 1.02. The van der Waals surface area contributed by atoms with Gasteiger partial charge in [-0.2, -0.15) is 0 Å². The van der Waals surface area contributed by atoms with Gasteiger partial charge in [0, 0.05) is 22.2 Å². The smallest absolute Gasteiger partial charge is 0.327 e. The molecule has 1 aliphatic rings. The number of halogens is 1. The van der Waals surface area contributed by atoms with Crippen LogP contribution in [0, 0.1) is 0 Å². The SMILES string of the molecule is CN1c2ccc(Br)cc2SCC1C(=O)O. The second kappa shape index (κ2) is 4.06. The number of aliphatic carboxylic acids is 1. The Kier molecular flexibility index (Phi) is 2.93. The highest BCUT2D eigenvalue weighted by Gasteiger charge is 2.29. The van der Waals surface area contributed by atoms with Crippen molar-refractivity contribution in [2.45, 2.75) is 10.9 Å². The predicted octanol–water partition coefficient (Wildman–Crippen LogP) is 2.44. The molecular formula is C10H10BrNO2S. The van der Waals surface area contributed by atoms with Crippen LogP contribution >= 0.6 is 27.7 Å². The van der Waals surface area contributed by atoms with E-state index in [9.17, 15) is 4.79 Å². The van der Waals surface area contributed by atoms with Gasteiger partial charge in [0.1, 0.15) is 6.04 Å². The first-order valence-electron chi connectivity index (χ1n) is 4.47. The van der Waals surface area contributed by atoms with Gasteiger partial charge in [-0.25, -0.2) is 4.79 Å². The zero-order valence-corrected chi connectivity index (χ0v) is 10.5. The summed E-state index contributed by atoms with van der Waals surface area (Å²) in [5.74, 6) is -0.173. The van der Waals surface area contributed by atoms with Gasteiger partial charge in [-0.1, -0.05) is 15.9 Å². The van der Waals surface area contributed by atoms with Crippen molar-refractivity contribution in [2.24, 2.45) is 0 Å². The molecule has 0 amide bonds. The number of nitrogens with zero attached hydrogens (tertiary/aromatic N) is 1. The van der Waals surface area contributed by atoms with Crippen LogP contribution in [-0.2, 0) is 4.79 Å². The Bertz CT molecular complexity index is 410. The lowest BCUT2D eigenvalue weighted by molar-refractivity contribution is -0.138. The second-order valence-electron chi connectivity index (χ2n) is 3.39. The van der Waals surface area contributed by atoms with Gasteiger partial charge in [0.2, 0.25) is 0 Å². The van der Waals surface area contributed by atoms with Gasteiger partial charge in [0.05, 0.1) is 5.69 Å². The summed E-state index contributed by atoms with van der Waals surface area (Å²) in [6.07, 6.45) is 0. The quantitative estimate of drug-likeness (QED) is 0.861. The number of carboxylic acid groups (broad SMARTS) is 1. The zero-order valence-electron chi connectivity index (χ0n) is 8.11. The van der Waals surface area contributed by atoms with Crippen molar-refractivity contribution in [1.82, 2.24) is 0 Å². The molecular weight excluding hydrogens is 278 g/mol. The highest BCUT2D eigenvalue weighted by atomic mass is 79.9. The average Bonchev–Trinajstić information content (AvgIpc) is 2.17. The van der Waals surface area contributed by atoms with Crippen molar-refractivity contribution in [2.75, 3.05) is 17.7 Å². The molecule has 1 aromatic rings. The zero-order chi connectivity index (χ0) is 11.0. The molecule has 1 unspecified atom stereocenters. The molecule has 0 aliphatic carbocycles. The summed E-state index contributed by atoms with van der Waals surface area (Å²) in [5.41, 5.74) is 0.988. The standard InChI is InChI=1S/C10H10BrNO2S/c1-12-7-3-2-6(11)4-9(7)15-5-8(12)10(13)14/h2-4,8H,5H2,1H3,(H,13,14). The molecule has 5 heteroatoms. The van der Waals surface area contributed by atoms with Crippen LogP contribution in [0.3, 0.4) is 0 Å². The molecule has 0 spiro atoms. The fourth-order valence-corrected chi connectivity index (χ4v) is 3.37. The number of carboxylic acids is 1. The lowest BCUT2D eigenvalue weighted by atomic mass is 10.2. The van der Waals surface area contributed by atoms with E-state index in [0.29, 0.717) is 5.75 Å². The van der Waals surface area contributed by atoms with Gasteiger partial charge >= 0.3 is 5.97 Å². The fraction of sp³-hybridized carbons (Fsp3) is 0.300. The number of likely N-dealkylation sites (N-methyl/N-ethyl adjacent to an activating group) is 1. The summed E-state index contributed by atoms with van der Waals surface area (Å²) >= 11 is 5.00. The van der Waals surface area contributed by atoms with Crippen molar-refractivity contribution < 1.29 is 9.90 Å². The molecule has 1 N–H and O–H groups in total. The lowest BCUT2D eigenvalue weighted by Crippen LogP contribution is -2.42. The van der Waals surface area contributed by atoms with Gasteiger partial charge in [-0.05, 0) is 18.2 Å². The van der Waals surface area contributed by atoms with Crippen molar-refractivity contribution in [3.63, 3.8) is 0 Å². The van der Waals surface area contributed by atoms with E-state index in [4.69, 9.17) is 5.11 Å².